The van der Waals surface area contributed by atoms with Crippen LogP contribution in [0.25, 0.3) is 0 Å². The van der Waals surface area contributed by atoms with E-state index in [-0.39, 0.29) is 22.1 Å². The van der Waals surface area contributed by atoms with Crippen LogP contribution in [-0.2, 0) is 19.5 Å². The van der Waals surface area contributed by atoms with E-state index in [1.807, 2.05) is 13.8 Å². The van der Waals surface area contributed by atoms with Gasteiger partial charge >= 0.3 is 0 Å². The minimum absolute atomic E-state index is 0.0611. The highest BCUT2D eigenvalue weighted by atomic mass is 16.6. The minimum atomic E-state index is -0.354. The summed E-state index contributed by atoms with van der Waals surface area (Å²) in [5.41, 5.74) is 2.27. The van der Waals surface area contributed by atoms with Crippen LogP contribution in [-0.4, -0.2) is 26.3 Å². The van der Waals surface area contributed by atoms with Crippen molar-refractivity contribution >= 4 is 5.69 Å². The number of hydrogen-bond acceptors (Lipinski definition) is 5. The number of aromatic nitrogens is 2. The second kappa shape index (κ2) is 6.52. The Morgan fingerprint density at radius 2 is 2.12 bits per heavy atom. The molecule has 1 aromatic heterocycles. The monoisotopic (exact) mass is 328 g/mol. The topological polar surface area (TPSA) is 92.1 Å². The number of nitro groups is 1. The van der Waals surface area contributed by atoms with E-state index in [0.29, 0.717) is 37.4 Å². The zero-order chi connectivity index (χ0) is 17.3. The predicted molar refractivity (Wildman–Crippen MR) is 89.9 cm³/mol. The molecule has 24 heavy (non-hydrogen) atoms. The molecule has 126 valence electrons. The zero-order valence-electron chi connectivity index (χ0n) is 13.8. The molecule has 0 atom stereocenters. The molecule has 1 aromatic carbocycles. The van der Waals surface area contributed by atoms with Gasteiger partial charge in [0.1, 0.15) is 5.82 Å². The number of nitrogens with one attached hydrogen (secondary N) is 1. The van der Waals surface area contributed by atoms with Gasteiger partial charge in [0.25, 0.3) is 11.2 Å². The normalized spacial score (nSPS) is 14.6. The van der Waals surface area contributed by atoms with E-state index >= 15 is 0 Å². The summed E-state index contributed by atoms with van der Waals surface area (Å²) in [6.07, 6.45) is 0.608. The van der Waals surface area contributed by atoms with E-state index in [0.717, 1.165) is 11.3 Å². The van der Waals surface area contributed by atoms with Gasteiger partial charge < -0.3 is 4.98 Å². The third kappa shape index (κ3) is 3.21. The van der Waals surface area contributed by atoms with E-state index in [1.165, 1.54) is 6.07 Å². The Labute approximate surface area is 139 Å². The molecule has 0 fully saturated rings. The van der Waals surface area contributed by atoms with Crippen molar-refractivity contribution in [3.05, 3.63) is 67.4 Å². The van der Waals surface area contributed by atoms with Crippen LogP contribution in [0, 0.1) is 10.1 Å². The van der Waals surface area contributed by atoms with Gasteiger partial charge in [-0.1, -0.05) is 32.0 Å². The Balaban J connectivity index is 1.85. The molecule has 2 aromatic rings. The molecule has 3 rings (SSSR count). The lowest BCUT2D eigenvalue weighted by atomic mass is 10.0. The van der Waals surface area contributed by atoms with Gasteiger partial charge in [-0.2, -0.15) is 0 Å². The fourth-order valence-corrected chi connectivity index (χ4v) is 2.98. The lowest BCUT2D eigenvalue weighted by Crippen LogP contribution is -2.35. The van der Waals surface area contributed by atoms with Crippen LogP contribution in [0.4, 0.5) is 5.69 Å². The van der Waals surface area contributed by atoms with Crippen LogP contribution in [0.5, 0.6) is 0 Å². The molecule has 7 heteroatoms. The van der Waals surface area contributed by atoms with Crippen LogP contribution < -0.4 is 5.56 Å². The molecule has 1 N–H and O–H groups in total. The van der Waals surface area contributed by atoms with Gasteiger partial charge in [-0.3, -0.25) is 19.8 Å². The average Bonchev–Trinajstić information content (AvgIpc) is 2.54. The number of fused-ring (bicyclic) bond motifs is 1. The van der Waals surface area contributed by atoms with Gasteiger partial charge in [-0.15, -0.1) is 0 Å². The number of hydrogen-bond donors (Lipinski definition) is 1. The van der Waals surface area contributed by atoms with Crippen LogP contribution in [0.2, 0.25) is 0 Å². The summed E-state index contributed by atoms with van der Waals surface area (Å²) < 4.78 is 0. The highest BCUT2D eigenvalue weighted by Gasteiger charge is 2.23. The van der Waals surface area contributed by atoms with Crippen molar-refractivity contribution in [2.45, 2.75) is 39.3 Å². The molecule has 0 saturated heterocycles. The number of nitro benzene ring substituents is 1. The molecule has 0 saturated carbocycles. The molecule has 0 radical (unpaired) electrons. The fourth-order valence-electron chi connectivity index (χ4n) is 2.98. The predicted octanol–water partition coefficient (Wildman–Crippen LogP) is 2.36. The van der Waals surface area contributed by atoms with Crippen LogP contribution in [0.3, 0.4) is 0 Å². The highest BCUT2D eigenvalue weighted by Crippen LogP contribution is 2.23. The summed E-state index contributed by atoms with van der Waals surface area (Å²) in [5.74, 6) is 0.833. The third-order valence-electron chi connectivity index (χ3n) is 4.30. The molecule has 0 amide bonds. The number of benzene rings is 1. The first kappa shape index (κ1) is 16.3. The van der Waals surface area contributed by atoms with Gasteiger partial charge in [0.05, 0.1) is 10.6 Å². The first-order chi connectivity index (χ1) is 11.5. The number of H-pyrrole nitrogens is 1. The lowest BCUT2D eigenvalue weighted by Gasteiger charge is -2.27. The molecule has 0 spiro atoms. The number of para-hydroxylation sites is 1. The maximum atomic E-state index is 12.2. The molecule has 0 unspecified atom stereocenters. The molecule has 0 aliphatic carbocycles. The maximum absolute atomic E-state index is 12.2. The Kier molecular flexibility index (Phi) is 4.44. The molecule has 1 aliphatic heterocycles. The van der Waals surface area contributed by atoms with Gasteiger partial charge in [-0.25, -0.2) is 4.98 Å². The van der Waals surface area contributed by atoms with Crippen LogP contribution in [0.1, 0.15) is 42.4 Å². The number of aromatic amines is 1. The van der Waals surface area contributed by atoms with Gasteiger partial charge in [-0.05, 0) is 6.42 Å². The van der Waals surface area contributed by atoms with E-state index in [4.69, 9.17) is 0 Å². The van der Waals surface area contributed by atoms with Crippen molar-refractivity contribution in [1.82, 2.24) is 14.9 Å². The summed E-state index contributed by atoms with van der Waals surface area (Å²) in [5, 5.41) is 11.2. The first-order valence-corrected chi connectivity index (χ1v) is 8.02. The van der Waals surface area contributed by atoms with E-state index in [2.05, 4.69) is 14.9 Å². The second-order valence-corrected chi connectivity index (χ2v) is 6.38. The molecule has 7 nitrogen and oxygen atoms in total. The Hall–Kier alpha value is -2.54. The average molecular weight is 328 g/mol. The molecule has 1 aliphatic rings. The van der Waals surface area contributed by atoms with Gasteiger partial charge in [0.2, 0.25) is 0 Å². The quantitative estimate of drug-likeness (QED) is 0.687. The van der Waals surface area contributed by atoms with Crippen molar-refractivity contribution in [2.75, 3.05) is 6.54 Å². The van der Waals surface area contributed by atoms with Crippen molar-refractivity contribution in [1.29, 1.82) is 0 Å². The van der Waals surface area contributed by atoms with Gasteiger partial charge in [0.15, 0.2) is 0 Å². The van der Waals surface area contributed by atoms with Crippen LogP contribution >= 0.6 is 0 Å². The molecular weight excluding hydrogens is 308 g/mol. The summed E-state index contributed by atoms with van der Waals surface area (Å²) in [6, 6.07) is 6.77. The SMILES string of the molecule is CC(C)c1nc2c(c(=O)[nH]1)CCN(Cc1ccccc1[N+](=O)[O-])C2. The fraction of sp³-hybridized carbons (Fsp3) is 0.412. The lowest BCUT2D eigenvalue weighted by molar-refractivity contribution is -0.385. The van der Waals surface area contributed by atoms with E-state index < -0.39 is 0 Å². The second-order valence-electron chi connectivity index (χ2n) is 6.38. The zero-order valence-corrected chi connectivity index (χ0v) is 13.8. The third-order valence-corrected chi connectivity index (χ3v) is 4.30. The van der Waals surface area contributed by atoms with Crippen molar-refractivity contribution < 1.29 is 4.92 Å². The van der Waals surface area contributed by atoms with E-state index in [9.17, 15) is 14.9 Å². The minimum Gasteiger partial charge on any atom is -0.310 e. The molecule has 2 heterocycles. The van der Waals surface area contributed by atoms with Crippen molar-refractivity contribution in [2.24, 2.45) is 0 Å². The number of rotatable bonds is 4. The largest absolute Gasteiger partial charge is 0.310 e. The van der Waals surface area contributed by atoms with Crippen molar-refractivity contribution in [3.63, 3.8) is 0 Å². The number of nitrogens with zero attached hydrogens (tertiary/aromatic N) is 3. The van der Waals surface area contributed by atoms with Crippen molar-refractivity contribution in [3.8, 4) is 0 Å². The highest BCUT2D eigenvalue weighted by molar-refractivity contribution is 5.39. The first-order valence-electron chi connectivity index (χ1n) is 8.02. The Morgan fingerprint density at radius 3 is 2.83 bits per heavy atom. The smallest absolute Gasteiger partial charge is 0.273 e. The Morgan fingerprint density at radius 1 is 1.38 bits per heavy atom. The standard InChI is InChI=1S/C17H20N4O3/c1-11(2)16-18-14-10-20(8-7-13(14)17(22)19-16)9-12-5-3-4-6-15(12)21(23)24/h3-6,11H,7-10H2,1-2H3,(H,18,19,22). The molecular formula is C17H20N4O3. The summed E-state index contributed by atoms with van der Waals surface area (Å²) in [6.45, 7) is 5.66. The molecule has 0 bridgehead atoms. The van der Waals surface area contributed by atoms with E-state index in [1.54, 1.807) is 18.2 Å². The summed E-state index contributed by atoms with van der Waals surface area (Å²) >= 11 is 0. The van der Waals surface area contributed by atoms with Gasteiger partial charge in [0, 0.05) is 42.7 Å². The Bertz CT molecular complexity index is 829. The maximum Gasteiger partial charge on any atom is 0.273 e. The summed E-state index contributed by atoms with van der Waals surface area (Å²) in [4.78, 5) is 32.5. The van der Waals surface area contributed by atoms with Crippen LogP contribution in [0.15, 0.2) is 29.1 Å². The summed E-state index contributed by atoms with van der Waals surface area (Å²) in [7, 11) is 0.